The Morgan fingerprint density at radius 2 is 2.50 bits per heavy atom. The van der Waals surface area contributed by atoms with Crippen molar-refractivity contribution in [2.45, 2.75) is 19.8 Å². The van der Waals surface area contributed by atoms with Crippen molar-refractivity contribution >= 4 is 5.71 Å². The van der Waals surface area contributed by atoms with Crippen molar-refractivity contribution in [3.8, 4) is 0 Å². The summed E-state index contributed by atoms with van der Waals surface area (Å²) in [4.78, 5) is 4.15. The molecule has 1 rings (SSSR count). The van der Waals surface area contributed by atoms with E-state index in [9.17, 15) is 0 Å². The molecule has 1 aliphatic rings. The third-order valence-corrected chi connectivity index (χ3v) is 1.08. The summed E-state index contributed by atoms with van der Waals surface area (Å²) < 4.78 is 0. The number of hydrogen-bond donors (Lipinski definition) is 0. The minimum atomic E-state index is 1.08. The molecule has 0 aromatic carbocycles. The molecule has 0 fully saturated rings. The average molecular weight is 83.1 g/mol. The van der Waals surface area contributed by atoms with E-state index in [1.807, 2.05) is 0 Å². The Morgan fingerprint density at radius 3 is 2.67 bits per heavy atom. The number of nitrogens with zero attached hydrogens (tertiary/aromatic N) is 1. The highest BCUT2D eigenvalue weighted by Gasteiger charge is 1.96. The van der Waals surface area contributed by atoms with Crippen molar-refractivity contribution < 1.29 is 0 Å². The van der Waals surface area contributed by atoms with Crippen molar-refractivity contribution in [3.05, 3.63) is 0 Å². The van der Waals surface area contributed by atoms with E-state index in [4.69, 9.17) is 0 Å². The average Bonchev–Trinajstić information content (AvgIpc) is 1.86. The number of rotatable bonds is 0. The number of hydrogen-bond acceptors (Lipinski definition) is 1. The fraction of sp³-hybridized carbons (Fsp3) is 0.800. The Labute approximate surface area is 38.1 Å². The van der Waals surface area contributed by atoms with Crippen LogP contribution in [0.15, 0.2) is 4.99 Å². The van der Waals surface area contributed by atoms with Crippen LogP contribution < -0.4 is 0 Å². The van der Waals surface area contributed by atoms with Crippen LogP contribution in [0.2, 0.25) is 0 Å². The van der Waals surface area contributed by atoms with Gasteiger partial charge < -0.3 is 0 Å². The lowest BCUT2D eigenvalue weighted by atomic mass is 10.3. The van der Waals surface area contributed by atoms with Crippen LogP contribution in [0, 0.1) is 0 Å². The highest BCUT2D eigenvalue weighted by atomic mass is 14.7. The fourth-order valence-corrected chi connectivity index (χ4v) is 0.684. The Kier molecular flexibility index (Phi) is 0.906. The molecule has 0 radical (unpaired) electrons. The van der Waals surface area contributed by atoms with Crippen molar-refractivity contribution in [3.63, 3.8) is 0 Å². The summed E-state index contributed by atoms with van der Waals surface area (Å²) in [5.41, 5.74) is 1.33. The van der Waals surface area contributed by atoms with E-state index in [1.165, 1.54) is 18.6 Å². The van der Waals surface area contributed by atoms with Gasteiger partial charge in [-0.05, 0) is 19.8 Å². The fourth-order valence-electron chi connectivity index (χ4n) is 0.684. The molecule has 1 aliphatic heterocycles. The summed E-state index contributed by atoms with van der Waals surface area (Å²) >= 11 is 0. The van der Waals surface area contributed by atoms with Crippen molar-refractivity contribution in [2.75, 3.05) is 6.54 Å². The summed E-state index contributed by atoms with van der Waals surface area (Å²) in [6, 6.07) is 0. The normalized spacial score (nSPS) is 21.2. The van der Waals surface area contributed by atoms with Gasteiger partial charge in [0.15, 0.2) is 0 Å². The predicted octanol–water partition coefficient (Wildman–Crippen LogP) is 1.24. The van der Waals surface area contributed by atoms with Gasteiger partial charge in [-0.1, -0.05) is 0 Å². The molecule has 0 N–H and O–H groups in total. The molecule has 0 aliphatic carbocycles. The first-order chi connectivity index (χ1) is 2.89. The predicted molar refractivity (Wildman–Crippen MR) is 27.2 cm³/mol. The Morgan fingerprint density at radius 1 is 1.67 bits per heavy atom. The lowest BCUT2D eigenvalue weighted by Crippen LogP contribution is -1.77. The molecular formula is C5H9N. The summed E-state index contributed by atoms with van der Waals surface area (Å²) in [5, 5.41) is 0. The highest BCUT2D eigenvalue weighted by molar-refractivity contribution is 5.83. The van der Waals surface area contributed by atoms with Gasteiger partial charge in [-0.3, -0.25) is 4.99 Å². The molecule has 6 heavy (non-hydrogen) atoms. The van der Waals surface area contributed by atoms with E-state index in [0.29, 0.717) is 0 Å². The zero-order chi connectivity index (χ0) is 4.41. The summed E-state index contributed by atoms with van der Waals surface area (Å²) in [5.74, 6) is 0. The molecule has 0 saturated carbocycles. The van der Waals surface area contributed by atoms with E-state index in [2.05, 4.69) is 11.9 Å². The quantitative estimate of drug-likeness (QED) is 0.418. The first-order valence-corrected chi connectivity index (χ1v) is 2.39. The van der Waals surface area contributed by atoms with Gasteiger partial charge in [0.05, 0.1) is 0 Å². The van der Waals surface area contributed by atoms with Gasteiger partial charge in [0.2, 0.25) is 0 Å². The van der Waals surface area contributed by atoms with Gasteiger partial charge in [-0.2, -0.15) is 0 Å². The minimum Gasteiger partial charge on any atom is -0.294 e. The van der Waals surface area contributed by atoms with Gasteiger partial charge in [0.1, 0.15) is 0 Å². The standard InChI is InChI=1S/C5H9N/c1-5-3-2-4-6-5/h2-4H2,1H3. The van der Waals surface area contributed by atoms with E-state index in [-0.39, 0.29) is 0 Å². The third-order valence-electron chi connectivity index (χ3n) is 1.08. The van der Waals surface area contributed by atoms with Gasteiger partial charge in [-0.25, -0.2) is 0 Å². The zero-order valence-corrected chi connectivity index (χ0v) is 4.07. The second kappa shape index (κ2) is 1.41. The zero-order valence-electron chi connectivity index (χ0n) is 4.07. The van der Waals surface area contributed by atoms with Crippen molar-refractivity contribution in [1.82, 2.24) is 0 Å². The van der Waals surface area contributed by atoms with Crippen LogP contribution in [0.25, 0.3) is 0 Å². The molecule has 0 unspecified atom stereocenters. The van der Waals surface area contributed by atoms with Crippen LogP contribution in [0.1, 0.15) is 19.8 Å². The summed E-state index contributed by atoms with van der Waals surface area (Å²) in [6.07, 6.45) is 2.52. The Hall–Kier alpha value is -0.330. The topological polar surface area (TPSA) is 12.4 Å². The van der Waals surface area contributed by atoms with E-state index in [0.717, 1.165) is 6.54 Å². The van der Waals surface area contributed by atoms with Crippen LogP contribution in [0.4, 0.5) is 0 Å². The maximum absolute atomic E-state index is 4.15. The van der Waals surface area contributed by atoms with Crippen LogP contribution >= 0.6 is 0 Å². The molecule has 1 nitrogen and oxygen atoms in total. The van der Waals surface area contributed by atoms with Gasteiger partial charge >= 0.3 is 0 Å². The maximum atomic E-state index is 4.15. The van der Waals surface area contributed by atoms with Crippen LogP contribution in [-0.2, 0) is 0 Å². The molecular weight excluding hydrogens is 74.1 g/mol. The van der Waals surface area contributed by atoms with Gasteiger partial charge in [0, 0.05) is 12.3 Å². The molecule has 34 valence electrons. The van der Waals surface area contributed by atoms with E-state index in [1.54, 1.807) is 0 Å². The largest absolute Gasteiger partial charge is 0.294 e. The van der Waals surface area contributed by atoms with Crippen molar-refractivity contribution in [1.29, 1.82) is 0 Å². The van der Waals surface area contributed by atoms with Crippen molar-refractivity contribution in [2.24, 2.45) is 4.99 Å². The summed E-state index contributed by atoms with van der Waals surface area (Å²) in [6.45, 7) is 3.17. The lowest BCUT2D eigenvalue weighted by Gasteiger charge is -1.76. The van der Waals surface area contributed by atoms with Crippen LogP contribution in [-0.4, -0.2) is 12.3 Å². The first kappa shape index (κ1) is 3.85. The molecule has 0 amide bonds. The van der Waals surface area contributed by atoms with Gasteiger partial charge in [-0.15, -0.1) is 0 Å². The monoisotopic (exact) mass is 83.1 g/mol. The molecule has 0 atom stereocenters. The van der Waals surface area contributed by atoms with Gasteiger partial charge in [0.25, 0.3) is 0 Å². The Bertz CT molecular complexity index is 74.0. The SMILES string of the molecule is CC1=NCCC1. The maximum Gasteiger partial charge on any atom is 0.0392 e. The van der Waals surface area contributed by atoms with E-state index >= 15 is 0 Å². The molecule has 1 heteroatoms. The number of aliphatic imine (C=N–C) groups is 1. The molecule has 1 heterocycles. The van der Waals surface area contributed by atoms with Crippen LogP contribution in [0.5, 0.6) is 0 Å². The van der Waals surface area contributed by atoms with E-state index < -0.39 is 0 Å². The second-order valence-electron chi connectivity index (χ2n) is 1.72. The molecule has 0 aromatic rings. The summed E-state index contributed by atoms with van der Waals surface area (Å²) in [7, 11) is 0. The second-order valence-corrected chi connectivity index (χ2v) is 1.72. The molecule has 0 saturated heterocycles. The minimum absolute atomic E-state index is 1.08. The molecule has 0 bridgehead atoms. The molecule has 0 aromatic heterocycles. The highest BCUT2D eigenvalue weighted by Crippen LogP contribution is 2.00. The smallest absolute Gasteiger partial charge is 0.0392 e. The lowest BCUT2D eigenvalue weighted by molar-refractivity contribution is 0.951. The Balaban J connectivity index is 2.45. The molecule has 0 spiro atoms. The van der Waals surface area contributed by atoms with Crippen LogP contribution in [0.3, 0.4) is 0 Å². The third kappa shape index (κ3) is 0.588. The first-order valence-electron chi connectivity index (χ1n) is 2.39.